The molecule has 0 radical (unpaired) electrons. The maximum atomic E-state index is 12.7. The average molecular weight is 357 g/mol. The van der Waals surface area contributed by atoms with Crippen LogP contribution in [0.1, 0.15) is 33.2 Å². The molecule has 130 valence electrons. The molecule has 3 rings (SSSR count). The number of rotatable bonds is 5. The first-order valence-electron chi connectivity index (χ1n) is 8.16. The molecule has 3 aromatic rings. The van der Waals surface area contributed by atoms with E-state index in [1.54, 1.807) is 13.0 Å². The van der Waals surface area contributed by atoms with E-state index in [1.165, 1.54) is 11.3 Å². The molecule has 0 aliphatic carbocycles. The Morgan fingerprint density at radius 2 is 2.00 bits per heavy atom. The van der Waals surface area contributed by atoms with Gasteiger partial charge < -0.3 is 4.74 Å². The zero-order valence-corrected chi connectivity index (χ0v) is 15.1. The van der Waals surface area contributed by atoms with Crippen molar-refractivity contribution in [3.05, 3.63) is 46.8 Å². The number of hydrogen-bond donors (Lipinski definition) is 0. The van der Waals surface area contributed by atoms with Crippen molar-refractivity contribution < 1.29 is 9.53 Å². The number of carbonyl (C=O) groups is 1. The van der Waals surface area contributed by atoms with Crippen LogP contribution in [-0.4, -0.2) is 27.1 Å². The highest BCUT2D eigenvalue weighted by Gasteiger charge is 2.23. The fourth-order valence-electron chi connectivity index (χ4n) is 2.34. The highest BCUT2D eigenvalue weighted by molar-refractivity contribution is 7.21. The van der Waals surface area contributed by atoms with Crippen molar-refractivity contribution in [3.63, 3.8) is 0 Å². The lowest BCUT2D eigenvalue weighted by Gasteiger charge is -2.15. The van der Waals surface area contributed by atoms with Gasteiger partial charge in [-0.15, -0.1) is 16.4 Å². The monoisotopic (exact) mass is 357 g/mol. The molecule has 0 aliphatic rings. The zero-order chi connectivity index (χ0) is 18.0. The Bertz CT molecular complexity index is 949. The van der Waals surface area contributed by atoms with E-state index >= 15 is 0 Å². The molecule has 0 saturated heterocycles. The van der Waals surface area contributed by atoms with Crippen LogP contribution in [0.25, 0.3) is 20.7 Å². The van der Waals surface area contributed by atoms with E-state index in [0.29, 0.717) is 16.6 Å². The number of thiophene rings is 1. The van der Waals surface area contributed by atoms with Gasteiger partial charge in [0.25, 0.3) is 5.56 Å². The maximum absolute atomic E-state index is 12.7. The van der Waals surface area contributed by atoms with Crippen molar-refractivity contribution in [2.24, 2.45) is 0 Å². The van der Waals surface area contributed by atoms with E-state index in [-0.39, 0.29) is 11.7 Å². The lowest BCUT2D eigenvalue weighted by Crippen LogP contribution is -2.33. The maximum Gasteiger partial charge on any atom is 0.331 e. The third-order valence-corrected chi connectivity index (χ3v) is 5.11. The van der Waals surface area contributed by atoms with Gasteiger partial charge in [-0.1, -0.05) is 42.5 Å². The Morgan fingerprint density at radius 1 is 1.28 bits per heavy atom. The van der Waals surface area contributed by atoms with Gasteiger partial charge in [0.1, 0.15) is 0 Å². The van der Waals surface area contributed by atoms with Crippen LogP contribution in [0.2, 0.25) is 0 Å². The third-order valence-electron chi connectivity index (χ3n) is 4.04. The van der Waals surface area contributed by atoms with Gasteiger partial charge in [-0.25, -0.2) is 4.79 Å². The van der Waals surface area contributed by atoms with Gasteiger partial charge in [0.2, 0.25) is 0 Å². The minimum absolute atomic E-state index is 0.201. The molecule has 6 nitrogen and oxygen atoms in total. The Balaban J connectivity index is 1.97. The van der Waals surface area contributed by atoms with Crippen molar-refractivity contribution in [1.82, 2.24) is 15.0 Å². The third kappa shape index (κ3) is 3.46. The largest absolute Gasteiger partial charge is 0.461 e. The minimum atomic E-state index is -0.821. The van der Waals surface area contributed by atoms with Crippen LogP contribution < -0.4 is 5.56 Å². The van der Waals surface area contributed by atoms with Gasteiger partial charge in [0.05, 0.1) is 11.5 Å². The summed E-state index contributed by atoms with van der Waals surface area (Å²) in [5.74, 6) is -0.483. The summed E-state index contributed by atoms with van der Waals surface area (Å²) in [5, 5.41) is 8.51. The Labute approximate surface area is 149 Å². The van der Waals surface area contributed by atoms with Crippen LogP contribution in [-0.2, 0) is 9.53 Å². The lowest BCUT2D eigenvalue weighted by molar-refractivity contribution is -0.152. The highest BCUT2D eigenvalue weighted by atomic mass is 32.1. The molecule has 7 heteroatoms. The molecular formula is C18H19N3O3S. The fraction of sp³-hybridized carbons (Fsp3) is 0.333. The molecule has 1 aromatic carbocycles. The van der Waals surface area contributed by atoms with Gasteiger partial charge in [-0.05, 0) is 31.9 Å². The molecule has 0 saturated carbocycles. The number of esters is 1. The van der Waals surface area contributed by atoms with Crippen molar-refractivity contribution in [3.8, 4) is 10.4 Å². The molecule has 0 N–H and O–H groups in total. The molecule has 0 spiro atoms. The predicted molar refractivity (Wildman–Crippen MR) is 97.7 cm³/mol. The van der Waals surface area contributed by atoms with E-state index in [4.69, 9.17) is 4.74 Å². The summed E-state index contributed by atoms with van der Waals surface area (Å²) < 4.78 is 6.39. The highest BCUT2D eigenvalue weighted by Crippen LogP contribution is 2.30. The zero-order valence-electron chi connectivity index (χ0n) is 14.3. The summed E-state index contributed by atoms with van der Waals surface area (Å²) >= 11 is 1.40. The first kappa shape index (κ1) is 17.3. The fourth-order valence-corrected chi connectivity index (χ4v) is 3.31. The molecule has 0 bridgehead atoms. The summed E-state index contributed by atoms with van der Waals surface area (Å²) in [4.78, 5) is 26.4. The van der Waals surface area contributed by atoms with Crippen molar-refractivity contribution in [2.45, 2.75) is 39.3 Å². The van der Waals surface area contributed by atoms with E-state index in [2.05, 4.69) is 10.3 Å². The summed E-state index contributed by atoms with van der Waals surface area (Å²) in [6.45, 7) is 5.33. The summed E-state index contributed by atoms with van der Waals surface area (Å²) in [7, 11) is 0. The number of fused-ring (bicyclic) bond motifs is 1. The normalized spacial score (nSPS) is 13.6. The predicted octanol–water partition coefficient (Wildman–Crippen LogP) is 3.42. The SMILES string of the molecule is CCC(C)OC(=O)C(C)n1nnc2sc(-c3ccccc3)cc2c1=O. The number of ether oxygens (including phenoxy) is 1. The topological polar surface area (TPSA) is 74.1 Å². The lowest BCUT2D eigenvalue weighted by atomic mass is 10.2. The van der Waals surface area contributed by atoms with Gasteiger partial charge in [0, 0.05) is 4.88 Å². The van der Waals surface area contributed by atoms with Crippen LogP contribution in [0.15, 0.2) is 41.2 Å². The first-order chi connectivity index (χ1) is 12.0. The van der Waals surface area contributed by atoms with Gasteiger partial charge >= 0.3 is 5.97 Å². The average Bonchev–Trinajstić information content (AvgIpc) is 3.07. The van der Waals surface area contributed by atoms with E-state index in [0.717, 1.165) is 15.1 Å². The summed E-state index contributed by atoms with van der Waals surface area (Å²) in [6.07, 6.45) is 0.511. The molecule has 0 fully saturated rings. The number of nitrogens with zero attached hydrogens (tertiary/aromatic N) is 3. The van der Waals surface area contributed by atoms with Crippen molar-refractivity contribution in [1.29, 1.82) is 0 Å². The van der Waals surface area contributed by atoms with Gasteiger partial charge in [0.15, 0.2) is 10.9 Å². The number of hydrogen-bond acceptors (Lipinski definition) is 6. The second kappa shape index (κ2) is 7.14. The van der Waals surface area contributed by atoms with Crippen molar-refractivity contribution >= 4 is 27.5 Å². The molecule has 0 amide bonds. The summed E-state index contributed by atoms with van der Waals surface area (Å²) in [6, 6.07) is 10.8. The van der Waals surface area contributed by atoms with Crippen LogP contribution in [0.5, 0.6) is 0 Å². The van der Waals surface area contributed by atoms with Gasteiger partial charge in [-0.2, -0.15) is 4.68 Å². The van der Waals surface area contributed by atoms with E-state index in [9.17, 15) is 9.59 Å². The Kier molecular flexibility index (Phi) is 4.94. The molecule has 2 unspecified atom stereocenters. The van der Waals surface area contributed by atoms with Crippen LogP contribution in [0, 0.1) is 0 Å². The Hall–Kier alpha value is -2.54. The number of carbonyl (C=O) groups excluding carboxylic acids is 1. The Morgan fingerprint density at radius 3 is 2.68 bits per heavy atom. The smallest absolute Gasteiger partial charge is 0.331 e. The summed E-state index contributed by atoms with van der Waals surface area (Å²) in [5.41, 5.74) is 0.678. The van der Waals surface area contributed by atoms with Gasteiger partial charge in [-0.3, -0.25) is 4.79 Å². The molecule has 2 heterocycles. The second-order valence-electron chi connectivity index (χ2n) is 5.87. The second-order valence-corrected chi connectivity index (χ2v) is 6.90. The molecular weight excluding hydrogens is 338 g/mol. The molecule has 0 aliphatic heterocycles. The quantitative estimate of drug-likeness (QED) is 0.654. The molecule has 2 aromatic heterocycles. The first-order valence-corrected chi connectivity index (χ1v) is 8.97. The van der Waals surface area contributed by atoms with Crippen LogP contribution >= 0.6 is 11.3 Å². The van der Waals surface area contributed by atoms with Crippen LogP contribution in [0.3, 0.4) is 0 Å². The van der Waals surface area contributed by atoms with Crippen molar-refractivity contribution in [2.75, 3.05) is 0 Å². The minimum Gasteiger partial charge on any atom is -0.461 e. The van der Waals surface area contributed by atoms with E-state index < -0.39 is 12.0 Å². The number of benzene rings is 1. The number of aromatic nitrogens is 3. The standard InChI is InChI=1S/C18H19N3O3S/c1-4-11(2)24-18(23)12(3)21-17(22)14-10-15(25-16(14)19-20-21)13-8-6-5-7-9-13/h5-12H,4H2,1-3H3. The van der Waals surface area contributed by atoms with Crippen LogP contribution in [0.4, 0.5) is 0 Å². The van der Waals surface area contributed by atoms with E-state index in [1.807, 2.05) is 44.2 Å². The molecule has 2 atom stereocenters. The molecule has 25 heavy (non-hydrogen) atoms.